The smallest absolute Gasteiger partial charge is 0.410 e. The third kappa shape index (κ3) is 12.6. The molecule has 3 amide bonds. The Morgan fingerprint density at radius 1 is 0.968 bits per heavy atom. The molecule has 0 atom stereocenters. The monoisotopic (exact) mass is 435 g/mol. The normalized spacial score (nSPS) is 11.0. The van der Waals surface area contributed by atoms with Gasteiger partial charge in [0.05, 0.1) is 0 Å². The average molecular weight is 436 g/mol. The van der Waals surface area contributed by atoms with E-state index in [4.69, 9.17) is 9.94 Å². The minimum atomic E-state index is -0.561. The van der Waals surface area contributed by atoms with Gasteiger partial charge in [-0.3, -0.25) is 14.8 Å². The minimum Gasteiger partial charge on any atom is -0.444 e. The highest BCUT2D eigenvalue weighted by atomic mass is 16.6. The van der Waals surface area contributed by atoms with Crippen molar-refractivity contribution in [2.45, 2.75) is 78.4 Å². The molecular formula is C23H37N3O5. The Kier molecular flexibility index (Phi) is 11.6. The summed E-state index contributed by atoms with van der Waals surface area (Å²) in [5.74, 6) is -0.506. The molecule has 31 heavy (non-hydrogen) atoms. The number of ether oxygens (including phenoxy) is 1. The van der Waals surface area contributed by atoms with Crippen molar-refractivity contribution in [2.24, 2.45) is 0 Å². The molecule has 0 fully saturated rings. The number of carbonyl (C=O) groups is 3. The number of carbonyl (C=O) groups excluding carboxylic acids is 3. The number of unbranched alkanes of at least 4 members (excludes halogenated alkanes) is 2. The van der Waals surface area contributed by atoms with E-state index in [-0.39, 0.29) is 18.4 Å². The van der Waals surface area contributed by atoms with E-state index >= 15 is 0 Å². The first-order chi connectivity index (χ1) is 14.6. The fraction of sp³-hybridized carbons (Fsp3) is 0.609. The lowest BCUT2D eigenvalue weighted by Crippen LogP contribution is -2.37. The number of aryl methyl sites for hydroxylation is 1. The fourth-order valence-electron chi connectivity index (χ4n) is 2.85. The zero-order valence-electron chi connectivity index (χ0n) is 19.2. The molecular weight excluding hydrogens is 398 g/mol. The van der Waals surface area contributed by atoms with E-state index in [2.05, 4.69) is 5.32 Å². The second-order valence-corrected chi connectivity index (χ2v) is 8.69. The molecule has 0 saturated heterocycles. The van der Waals surface area contributed by atoms with Crippen LogP contribution >= 0.6 is 0 Å². The molecule has 0 aliphatic heterocycles. The molecule has 1 rings (SSSR count). The molecule has 0 radical (unpaired) electrons. The van der Waals surface area contributed by atoms with E-state index in [1.165, 1.54) is 5.56 Å². The Labute approximate surface area is 185 Å². The van der Waals surface area contributed by atoms with E-state index in [1.54, 1.807) is 10.4 Å². The summed E-state index contributed by atoms with van der Waals surface area (Å²) in [5, 5.41) is 11.3. The second-order valence-electron chi connectivity index (χ2n) is 8.69. The average Bonchev–Trinajstić information content (AvgIpc) is 2.70. The SMILES string of the molecule is Cc1ccc(CN(CCCCNC(=O)CCCCC(=O)NO)C(=O)OC(C)(C)C)cc1. The summed E-state index contributed by atoms with van der Waals surface area (Å²) in [6.07, 6.45) is 2.81. The Balaban J connectivity index is 2.39. The highest BCUT2D eigenvalue weighted by Gasteiger charge is 2.22. The maximum absolute atomic E-state index is 12.6. The van der Waals surface area contributed by atoms with Crippen molar-refractivity contribution in [2.75, 3.05) is 13.1 Å². The first-order valence-electron chi connectivity index (χ1n) is 10.8. The molecule has 1 aromatic rings. The van der Waals surface area contributed by atoms with Gasteiger partial charge in [-0.25, -0.2) is 10.3 Å². The highest BCUT2D eigenvalue weighted by Crippen LogP contribution is 2.14. The topological polar surface area (TPSA) is 108 Å². The minimum absolute atomic E-state index is 0.0620. The van der Waals surface area contributed by atoms with Gasteiger partial charge in [-0.1, -0.05) is 29.8 Å². The fourth-order valence-corrected chi connectivity index (χ4v) is 2.85. The van der Waals surface area contributed by atoms with Crippen LogP contribution in [0.1, 0.15) is 70.4 Å². The number of nitrogens with one attached hydrogen (secondary N) is 2. The molecule has 0 aliphatic carbocycles. The van der Waals surface area contributed by atoms with Crippen molar-refractivity contribution in [1.82, 2.24) is 15.7 Å². The van der Waals surface area contributed by atoms with Crippen LogP contribution in [-0.4, -0.2) is 46.7 Å². The quantitative estimate of drug-likeness (QED) is 0.264. The molecule has 0 spiro atoms. The molecule has 174 valence electrons. The van der Waals surface area contributed by atoms with Crippen molar-refractivity contribution in [3.8, 4) is 0 Å². The van der Waals surface area contributed by atoms with Crippen LogP contribution in [0.5, 0.6) is 0 Å². The van der Waals surface area contributed by atoms with Crippen molar-refractivity contribution in [3.05, 3.63) is 35.4 Å². The van der Waals surface area contributed by atoms with Crippen molar-refractivity contribution in [3.63, 3.8) is 0 Å². The zero-order valence-corrected chi connectivity index (χ0v) is 19.2. The first kappa shape index (κ1) is 26.4. The summed E-state index contributed by atoms with van der Waals surface area (Å²) in [5.41, 5.74) is 3.22. The van der Waals surface area contributed by atoms with Gasteiger partial charge in [-0.15, -0.1) is 0 Å². The number of rotatable bonds is 12. The summed E-state index contributed by atoms with van der Waals surface area (Å²) < 4.78 is 5.54. The largest absolute Gasteiger partial charge is 0.444 e. The summed E-state index contributed by atoms with van der Waals surface area (Å²) >= 11 is 0. The number of hydrogen-bond donors (Lipinski definition) is 3. The molecule has 3 N–H and O–H groups in total. The lowest BCUT2D eigenvalue weighted by molar-refractivity contribution is -0.129. The third-order valence-corrected chi connectivity index (χ3v) is 4.51. The van der Waals surface area contributed by atoms with Crippen LogP contribution in [0.15, 0.2) is 24.3 Å². The maximum atomic E-state index is 12.6. The molecule has 0 aromatic heterocycles. The Morgan fingerprint density at radius 2 is 1.58 bits per heavy atom. The van der Waals surface area contributed by atoms with Gasteiger partial charge in [0.1, 0.15) is 5.60 Å². The van der Waals surface area contributed by atoms with E-state index in [9.17, 15) is 14.4 Å². The van der Waals surface area contributed by atoms with E-state index in [0.717, 1.165) is 18.4 Å². The van der Waals surface area contributed by atoms with Gasteiger partial charge in [0.2, 0.25) is 11.8 Å². The van der Waals surface area contributed by atoms with Gasteiger partial charge < -0.3 is 15.0 Å². The summed E-state index contributed by atoms with van der Waals surface area (Å²) in [6.45, 7) is 9.11. The van der Waals surface area contributed by atoms with Gasteiger partial charge in [-0.2, -0.15) is 0 Å². The van der Waals surface area contributed by atoms with Crippen molar-refractivity contribution >= 4 is 17.9 Å². The van der Waals surface area contributed by atoms with Crippen LogP contribution in [0, 0.1) is 6.92 Å². The summed E-state index contributed by atoms with van der Waals surface area (Å²) in [7, 11) is 0. The van der Waals surface area contributed by atoms with Crippen molar-refractivity contribution < 1.29 is 24.3 Å². The molecule has 1 aromatic carbocycles. The number of amides is 3. The highest BCUT2D eigenvalue weighted by molar-refractivity contribution is 5.76. The third-order valence-electron chi connectivity index (χ3n) is 4.51. The first-order valence-corrected chi connectivity index (χ1v) is 10.8. The number of benzene rings is 1. The Hall–Kier alpha value is -2.61. The van der Waals surface area contributed by atoms with Gasteiger partial charge in [0.15, 0.2) is 0 Å². The summed E-state index contributed by atoms with van der Waals surface area (Å²) in [6, 6.07) is 8.07. The predicted molar refractivity (Wildman–Crippen MR) is 118 cm³/mol. The van der Waals surface area contributed by atoms with Gasteiger partial charge >= 0.3 is 6.09 Å². The van der Waals surface area contributed by atoms with Gasteiger partial charge in [0, 0.05) is 32.5 Å². The molecule has 8 nitrogen and oxygen atoms in total. The standard InChI is InChI=1S/C23H37N3O5/c1-18-11-13-19(14-12-18)17-26(22(29)31-23(2,3)4)16-8-7-15-24-20(27)9-5-6-10-21(28)25-30/h11-14,30H,5-10,15-17H2,1-4H3,(H,24,27)(H,25,28). The van der Waals surface area contributed by atoms with Crippen LogP contribution in [-0.2, 0) is 20.9 Å². The molecule has 8 heteroatoms. The van der Waals surface area contributed by atoms with Gasteiger partial charge in [0.25, 0.3) is 0 Å². The lowest BCUT2D eigenvalue weighted by Gasteiger charge is -2.27. The van der Waals surface area contributed by atoms with Crippen LogP contribution < -0.4 is 10.8 Å². The van der Waals surface area contributed by atoms with E-state index in [0.29, 0.717) is 38.9 Å². The number of hydroxylamine groups is 1. The van der Waals surface area contributed by atoms with E-state index in [1.807, 2.05) is 52.0 Å². The molecule has 0 bridgehead atoms. The van der Waals surface area contributed by atoms with E-state index < -0.39 is 11.5 Å². The summed E-state index contributed by atoms with van der Waals surface area (Å²) in [4.78, 5) is 37.1. The van der Waals surface area contributed by atoms with Crippen molar-refractivity contribution in [1.29, 1.82) is 0 Å². The molecule has 0 aliphatic rings. The second kappa shape index (κ2) is 13.6. The van der Waals surface area contributed by atoms with Gasteiger partial charge in [-0.05, 0) is 58.9 Å². The molecule has 0 saturated carbocycles. The maximum Gasteiger partial charge on any atom is 0.410 e. The molecule has 0 unspecified atom stereocenters. The van der Waals surface area contributed by atoms with Crippen LogP contribution in [0.2, 0.25) is 0 Å². The number of hydrogen-bond acceptors (Lipinski definition) is 5. The lowest BCUT2D eigenvalue weighted by atomic mass is 10.1. The zero-order chi connectivity index (χ0) is 23.3. The molecule has 0 heterocycles. The van der Waals surface area contributed by atoms with Crippen LogP contribution in [0.4, 0.5) is 4.79 Å². The van der Waals surface area contributed by atoms with Crippen LogP contribution in [0.3, 0.4) is 0 Å². The Bertz CT molecular complexity index is 698. The number of nitrogens with zero attached hydrogens (tertiary/aromatic N) is 1. The van der Waals surface area contributed by atoms with Crippen LogP contribution in [0.25, 0.3) is 0 Å². The predicted octanol–water partition coefficient (Wildman–Crippen LogP) is 3.69. The Morgan fingerprint density at radius 3 is 2.16 bits per heavy atom.